The van der Waals surface area contributed by atoms with Crippen molar-refractivity contribution in [3.05, 3.63) is 10.4 Å². The van der Waals surface area contributed by atoms with E-state index in [0.717, 1.165) is 18.0 Å². The zero-order valence-electron chi connectivity index (χ0n) is 8.15. The van der Waals surface area contributed by atoms with Gasteiger partial charge in [0.05, 0.1) is 6.61 Å². The number of aromatic nitrogens is 1. The number of hydrogen-bond acceptors (Lipinski definition) is 5. The van der Waals surface area contributed by atoms with Crippen molar-refractivity contribution >= 4 is 23.3 Å². The van der Waals surface area contributed by atoms with E-state index in [9.17, 15) is 9.59 Å². The van der Waals surface area contributed by atoms with Crippen molar-refractivity contribution in [2.24, 2.45) is 11.5 Å². The molecule has 7 heteroatoms. The minimum absolute atomic E-state index is 0.0269. The Kier molecular flexibility index (Phi) is 3.62. The van der Waals surface area contributed by atoms with Gasteiger partial charge in [-0.05, 0) is 18.0 Å². The maximum Gasteiger partial charge on any atom is 0.261 e. The van der Waals surface area contributed by atoms with Crippen LogP contribution in [0.25, 0.3) is 0 Å². The van der Waals surface area contributed by atoms with Crippen molar-refractivity contribution < 1.29 is 14.3 Å². The molecule has 0 unspecified atom stereocenters. The first-order valence-electron chi connectivity index (χ1n) is 4.30. The van der Waals surface area contributed by atoms with Crippen LogP contribution in [0, 0.1) is 0 Å². The lowest BCUT2D eigenvalue weighted by Gasteiger charge is -2.01. The predicted molar refractivity (Wildman–Crippen MR) is 54.9 cm³/mol. The van der Waals surface area contributed by atoms with E-state index in [1.807, 2.05) is 6.92 Å². The van der Waals surface area contributed by atoms with Gasteiger partial charge in [0, 0.05) is 0 Å². The maximum absolute atomic E-state index is 11.1. The van der Waals surface area contributed by atoms with E-state index < -0.39 is 11.8 Å². The monoisotopic (exact) mass is 229 g/mol. The number of hydrogen-bond donors (Lipinski definition) is 2. The molecular weight excluding hydrogens is 218 g/mol. The molecule has 82 valence electrons. The van der Waals surface area contributed by atoms with E-state index in [4.69, 9.17) is 16.2 Å². The summed E-state index contributed by atoms with van der Waals surface area (Å²) in [6.07, 6.45) is 0.766. The summed E-state index contributed by atoms with van der Waals surface area (Å²) in [5, 5.41) is 0. The standard InChI is InChI=1S/C8H11N3O3S/c1-2-3-14-8-4(6(9)12)5(7(10)13)15-11-8/h2-3H2,1H3,(H2,9,12)(H2,10,13). The molecule has 15 heavy (non-hydrogen) atoms. The highest BCUT2D eigenvalue weighted by molar-refractivity contribution is 7.08. The quantitative estimate of drug-likeness (QED) is 0.747. The molecule has 6 nitrogen and oxygen atoms in total. The SMILES string of the molecule is CCCOc1nsc(C(N)=O)c1C(N)=O. The van der Waals surface area contributed by atoms with Crippen LogP contribution in [0.5, 0.6) is 5.88 Å². The fraction of sp³-hybridized carbons (Fsp3) is 0.375. The van der Waals surface area contributed by atoms with Gasteiger partial charge in [-0.3, -0.25) is 9.59 Å². The van der Waals surface area contributed by atoms with Crippen LogP contribution < -0.4 is 16.2 Å². The summed E-state index contributed by atoms with van der Waals surface area (Å²) < 4.78 is 8.98. The largest absolute Gasteiger partial charge is 0.476 e. The van der Waals surface area contributed by atoms with Crippen LogP contribution in [-0.4, -0.2) is 22.8 Å². The Bertz CT molecular complexity index is 388. The molecule has 1 heterocycles. The lowest BCUT2D eigenvalue weighted by atomic mass is 10.2. The second kappa shape index (κ2) is 4.74. The Morgan fingerprint density at radius 3 is 2.53 bits per heavy atom. The van der Waals surface area contributed by atoms with Gasteiger partial charge < -0.3 is 16.2 Å². The third kappa shape index (κ3) is 2.44. The fourth-order valence-corrected chi connectivity index (χ4v) is 1.65. The van der Waals surface area contributed by atoms with E-state index in [0.29, 0.717) is 6.61 Å². The van der Waals surface area contributed by atoms with E-state index in [-0.39, 0.29) is 16.3 Å². The van der Waals surface area contributed by atoms with E-state index in [1.54, 1.807) is 0 Å². The summed E-state index contributed by atoms with van der Waals surface area (Å²) in [7, 11) is 0. The molecule has 0 aromatic carbocycles. The van der Waals surface area contributed by atoms with E-state index in [1.165, 1.54) is 0 Å². The van der Waals surface area contributed by atoms with Gasteiger partial charge in [-0.15, -0.1) is 0 Å². The normalized spacial score (nSPS) is 9.93. The molecule has 1 rings (SSSR count). The molecule has 0 saturated carbocycles. The Labute approximate surface area is 90.4 Å². The van der Waals surface area contributed by atoms with Crippen molar-refractivity contribution in [1.29, 1.82) is 0 Å². The van der Waals surface area contributed by atoms with Crippen molar-refractivity contribution in [3.63, 3.8) is 0 Å². The van der Waals surface area contributed by atoms with Crippen molar-refractivity contribution in [2.45, 2.75) is 13.3 Å². The Morgan fingerprint density at radius 1 is 1.40 bits per heavy atom. The Hall–Kier alpha value is -1.63. The van der Waals surface area contributed by atoms with Gasteiger partial charge in [-0.2, -0.15) is 4.37 Å². The summed E-state index contributed by atoms with van der Waals surface area (Å²) in [5.74, 6) is -1.40. The van der Waals surface area contributed by atoms with Gasteiger partial charge >= 0.3 is 0 Å². The summed E-state index contributed by atoms with van der Waals surface area (Å²) in [4.78, 5) is 22.1. The zero-order valence-corrected chi connectivity index (χ0v) is 8.97. The number of nitrogens with two attached hydrogens (primary N) is 2. The molecule has 0 saturated heterocycles. The Balaban J connectivity index is 3.06. The van der Waals surface area contributed by atoms with Crippen LogP contribution in [0.3, 0.4) is 0 Å². The second-order valence-corrected chi connectivity index (χ2v) is 3.54. The fourth-order valence-electron chi connectivity index (χ4n) is 0.958. The minimum Gasteiger partial charge on any atom is -0.476 e. The molecule has 0 aliphatic heterocycles. The van der Waals surface area contributed by atoms with Crippen molar-refractivity contribution in [3.8, 4) is 5.88 Å². The molecule has 0 aliphatic rings. The van der Waals surface area contributed by atoms with Crippen LogP contribution in [0.15, 0.2) is 0 Å². The maximum atomic E-state index is 11.1. The van der Waals surface area contributed by atoms with Crippen LogP contribution in [0.2, 0.25) is 0 Å². The van der Waals surface area contributed by atoms with Gasteiger partial charge in [-0.25, -0.2) is 0 Å². The first-order valence-corrected chi connectivity index (χ1v) is 5.07. The van der Waals surface area contributed by atoms with Crippen molar-refractivity contribution in [2.75, 3.05) is 6.61 Å². The predicted octanol–water partition coefficient (Wildman–Crippen LogP) is 0.130. The first kappa shape index (κ1) is 11.4. The topological polar surface area (TPSA) is 108 Å². The molecule has 0 fully saturated rings. The molecule has 1 aromatic heterocycles. The minimum atomic E-state index is -0.761. The molecule has 0 spiro atoms. The van der Waals surface area contributed by atoms with Gasteiger partial charge in [0.2, 0.25) is 5.88 Å². The van der Waals surface area contributed by atoms with Gasteiger partial charge in [0.25, 0.3) is 11.8 Å². The van der Waals surface area contributed by atoms with Crippen LogP contribution in [0.4, 0.5) is 0 Å². The number of amides is 2. The van der Waals surface area contributed by atoms with E-state index in [2.05, 4.69) is 4.37 Å². The third-order valence-electron chi connectivity index (χ3n) is 1.57. The molecule has 2 amide bonds. The Morgan fingerprint density at radius 2 is 2.07 bits per heavy atom. The molecule has 1 aromatic rings. The lowest BCUT2D eigenvalue weighted by molar-refractivity contribution is 0.0967. The summed E-state index contributed by atoms with van der Waals surface area (Å²) in [6.45, 7) is 2.31. The first-order chi connectivity index (χ1) is 7.07. The van der Waals surface area contributed by atoms with E-state index >= 15 is 0 Å². The molecule has 0 bridgehead atoms. The lowest BCUT2D eigenvalue weighted by Crippen LogP contribution is -2.19. The molecular formula is C8H11N3O3S. The molecule has 0 atom stereocenters. The van der Waals surface area contributed by atoms with Gasteiger partial charge in [0.15, 0.2) is 0 Å². The number of nitrogens with zero attached hydrogens (tertiary/aromatic N) is 1. The molecule has 0 radical (unpaired) electrons. The average Bonchev–Trinajstić information content (AvgIpc) is 2.58. The van der Waals surface area contributed by atoms with Crippen LogP contribution in [-0.2, 0) is 0 Å². The number of carbonyl (C=O) groups excluding carboxylic acids is 2. The number of primary amides is 2. The summed E-state index contributed by atoms with van der Waals surface area (Å²) >= 11 is 0.813. The zero-order chi connectivity index (χ0) is 11.4. The van der Waals surface area contributed by atoms with Gasteiger partial charge in [0.1, 0.15) is 10.4 Å². The molecule has 0 aliphatic carbocycles. The highest BCUT2D eigenvalue weighted by Crippen LogP contribution is 2.24. The van der Waals surface area contributed by atoms with Gasteiger partial charge in [-0.1, -0.05) is 6.92 Å². The summed E-state index contributed by atoms with van der Waals surface area (Å²) in [5.41, 5.74) is 10.1. The highest BCUT2D eigenvalue weighted by atomic mass is 32.1. The number of rotatable bonds is 5. The third-order valence-corrected chi connectivity index (χ3v) is 2.42. The number of carbonyl (C=O) groups is 2. The second-order valence-electron chi connectivity index (χ2n) is 2.77. The number of ether oxygens (including phenoxy) is 1. The van der Waals surface area contributed by atoms with Crippen LogP contribution in [0.1, 0.15) is 33.4 Å². The average molecular weight is 229 g/mol. The van der Waals surface area contributed by atoms with Crippen molar-refractivity contribution in [1.82, 2.24) is 4.37 Å². The smallest absolute Gasteiger partial charge is 0.261 e. The molecule has 4 N–H and O–H groups in total. The highest BCUT2D eigenvalue weighted by Gasteiger charge is 2.23. The summed E-state index contributed by atoms with van der Waals surface area (Å²) in [6, 6.07) is 0. The van der Waals surface area contributed by atoms with Crippen LogP contribution >= 0.6 is 11.5 Å².